The minimum atomic E-state index is -0.0552. The molecule has 1 amide bonds. The molecule has 4 aromatic rings. The minimum absolute atomic E-state index is 0.0509. The monoisotopic (exact) mass is 383 g/mol. The molecule has 0 aliphatic heterocycles. The Balaban J connectivity index is 1.66. The van der Waals surface area contributed by atoms with Crippen molar-refractivity contribution in [2.24, 2.45) is 0 Å². The number of para-hydroxylation sites is 1. The highest BCUT2D eigenvalue weighted by atomic mass is 16.1. The van der Waals surface area contributed by atoms with Gasteiger partial charge in [0.05, 0.1) is 0 Å². The van der Waals surface area contributed by atoms with E-state index < -0.39 is 0 Å². The number of H-pyrrole nitrogens is 1. The number of carbonyl (C=O) groups is 1. The van der Waals surface area contributed by atoms with Gasteiger partial charge in [0.2, 0.25) is 0 Å². The number of nitrogens with zero attached hydrogens (tertiary/aromatic N) is 1. The predicted octanol–water partition coefficient (Wildman–Crippen LogP) is 4.80. The van der Waals surface area contributed by atoms with E-state index in [0.717, 1.165) is 11.2 Å². The van der Waals surface area contributed by atoms with Crippen molar-refractivity contribution in [1.29, 1.82) is 0 Å². The normalized spacial score (nSPS) is 11.9. The summed E-state index contributed by atoms with van der Waals surface area (Å²) in [5.41, 5.74) is 5.29. The van der Waals surface area contributed by atoms with Gasteiger partial charge in [-0.3, -0.25) is 4.79 Å². The van der Waals surface area contributed by atoms with E-state index in [1.165, 1.54) is 16.5 Å². The van der Waals surface area contributed by atoms with E-state index in [1.54, 1.807) is 0 Å². The molecule has 0 saturated heterocycles. The van der Waals surface area contributed by atoms with Crippen LogP contribution >= 0.6 is 0 Å². The van der Waals surface area contributed by atoms with Gasteiger partial charge in [-0.1, -0.05) is 48.5 Å². The molecular weight excluding hydrogens is 358 g/mol. The number of hydrogen-bond acceptors (Lipinski definition) is 2. The molecule has 4 heteroatoms. The second-order valence-electron chi connectivity index (χ2n) is 7.40. The molecule has 0 radical (unpaired) electrons. The van der Waals surface area contributed by atoms with Crippen LogP contribution in [0.3, 0.4) is 0 Å². The average molecular weight is 383 g/mol. The van der Waals surface area contributed by atoms with Crippen molar-refractivity contribution < 1.29 is 4.79 Å². The number of anilines is 1. The summed E-state index contributed by atoms with van der Waals surface area (Å²) < 4.78 is 0. The van der Waals surface area contributed by atoms with Crippen molar-refractivity contribution in [3.63, 3.8) is 0 Å². The van der Waals surface area contributed by atoms with Gasteiger partial charge < -0.3 is 15.2 Å². The van der Waals surface area contributed by atoms with E-state index in [1.807, 2.05) is 50.5 Å². The lowest BCUT2D eigenvalue weighted by Gasteiger charge is -2.20. The standard InChI is InChI=1S/C25H25N3O/c1-28(2)20-14-12-18(13-15-20)22(16-27-25(29)19-8-4-3-5-9-19)23-17-26-24-11-7-6-10-21(23)24/h3-15,17,22,26H,16H2,1-2H3,(H,27,29)/t22-/m0/s1. The van der Waals surface area contributed by atoms with Crippen LogP contribution in [0.1, 0.15) is 27.4 Å². The molecule has 2 N–H and O–H groups in total. The SMILES string of the molecule is CN(C)c1ccc([C@H](CNC(=O)c2ccccc2)c2c[nH]c3ccccc23)cc1. The number of hydrogen-bond donors (Lipinski definition) is 2. The van der Waals surface area contributed by atoms with E-state index in [4.69, 9.17) is 0 Å². The molecule has 4 rings (SSSR count). The summed E-state index contributed by atoms with van der Waals surface area (Å²) in [6, 6.07) is 26.2. The fourth-order valence-electron chi connectivity index (χ4n) is 3.68. The van der Waals surface area contributed by atoms with E-state index in [9.17, 15) is 4.79 Å². The summed E-state index contributed by atoms with van der Waals surface area (Å²) in [6.45, 7) is 0.525. The number of aromatic nitrogens is 1. The van der Waals surface area contributed by atoms with Crippen molar-refractivity contribution in [3.05, 3.63) is 102 Å². The first-order chi connectivity index (χ1) is 14.1. The van der Waals surface area contributed by atoms with Crippen molar-refractivity contribution in [2.45, 2.75) is 5.92 Å². The lowest BCUT2D eigenvalue weighted by atomic mass is 9.90. The third kappa shape index (κ3) is 4.02. The lowest BCUT2D eigenvalue weighted by molar-refractivity contribution is 0.0952. The molecule has 4 nitrogen and oxygen atoms in total. The first-order valence-electron chi connectivity index (χ1n) is 9.80. The summed E-state index contributed by atoms with van der Waals surface area (Å²) in [7, 11) is 4.07. The Morgan fingerprint density at radius 3 is 2.34 bits per heavy atom. The van der Waals surface area contributed by atoms with Gasteiger partial charge in [0.25, 0.3) is 5.91 Å². The summed E-state index contributed by atoms with van der Waals surface area (Å²) in [4.78, 5) is 18.1. The molecule has 0 spiro atoms. The summed E-state index contributed by atoms with van der Waals surface area (Å²) in [5, 5.41) is 4.31. The van der Waals surface area contributed by atoms with Crippen LogP contribution in [0.5, 0.6) is 0 Å². The highest BCUT2D eigenvalue weighted by molar-refractivity contribution is 5.94. The Morgan fingerprint density at radius 2 is 1.62 bits per heavy atom. The number of amides is 1. The van der Waals surface area contributed by atoms with Crippen LogP contribution in [0.2, 0.25) is 0 Å². The van der Waals surface area contributed by atoms with E-state index in [-0.39, 0.29) is 11.8 Å². The number of aromatic amines is 1. The van der Waals surface area contributed by atoms with Crippen molar-refractivity contribution in [1.82, 2.24) is 10.3 Å². The minimum Gasteiger partial charge on any atom is -0.378 e. The molecule has 3 aromatic carbocycles. The van der Waals surface area contributed by atoms with E-state index in [2.05, 4.69) is 63.9 Å². The number of nitrogens with one attached hydrogen (secondary N) is 2. The zero-order valence-corrected chi connectivity index (χ0v) is 16.7. The second-order valence-corrected chi connectivity index (χ2v) is 7.40. The zero-order valence-electron chi connectivity index (χ0n) is 16.7. The largest absolute Gasteiger partial charge is 0.378 e. The maximum atomic E-state index is 12.6. The van der Waals surface area contributed by atoms with Crippen molar-refractivity contribution >= 4 is 22.5 Å². The average Bonchev–Trinajstić information content (AvgIpc) is 3.19. The maximum Gasteiger partial charge on any atom is 0.251 e. The van der Waals surface area contributed by atoms with Crippen LogP contribution in [-0.2, 0) is 0 Å². The number of carbonyl (C=O) groups excluding carboxylic acids is 1. The van der Waals surface area contributed by atoms with Gasteiger partial charge in [-0.2, -0.15) is 0 Å². The molecule has 0 aliphatic rings. The molecule has 1 atom stereocenters. The van der Waals surface area contributed by atoms with Gasteiger partial charge in [-0.25, -0.2) is 0 Å². The third-order valence-corrected chi connectivity index (χ3v) is 5.31. The summed E-state index contributed by atoms with van der Waals surface area (Å²) in [5.74, 6) is -0.00428. The van der Waals surface area contributed by atoms with Crippen LogP contribution < -0.4 is 10.2 Å². The highest BCUT2D eigenvalue weighted by Gasteiger charge is 2.19. The Hall–Kier alpha value is -3.53. The zero-order chi connectivity index (χ0) is 20.2. The highest BCUT2D eigenvalue weighted by Crippen LogP contribution is 2.31. The summed E-state index contributed by atoms with van der Waals surface area (Å²) >= 11 is 0. The second kappa shape index (κ2) is 8.23. The maximum absolute atomic E-state index is 12.6. The fourth-order valence-corrected chi connectivity index (χ4v) is 3.68. The van der Waals surface area contributed by atoms with Gasteiger partial charge in [-0.15, -0.1) is 0 Å². The molecule has 0 unspecified atom stereocenters. The fraction of sp³-hybridized carbons (Fsp3) is 0.160. The molecular formula is C25H25N3O. The van der Waals surface area contributed by atoms with Crippen LogP contribution in [0.25, 0.3) is 10.9 Å². The first kappa shape index (κ1) is 18.8. The molecule has 146 valence electrons. The topological polar surface area (TPSA) is 48.1 Å². The Kier molecular flexibility index (Phi) is 5.34. The van der Waals surface area contributed by atoms with Gasteiger partial charge in [0.1, 0.15) is 0 Å². The quantitative estimate of drug-likeness (QED) is 0.503. The van der Waals surface area contributed by atoms with E-state index >= 15 is 0 Å². The van der Waals surface area contributed by atoms with Crippen molar-refractivity contribution in [2.75, 3.05) is 25.5 Å². The number of rotatable bonds is 6. The van der Waals surface area contributed by atoms with E-state index in [0.29, 0.717) is 12.1 Å². The van der Waals surface area contributed by atoms with Crippen LogP contribution in [0.15, 0.2) is 85.1 Å². The van der Waals surface area contributed by atoms with Crippen LogP contribution in [0, 0.1) is 0 Å². The van der Waals surface area contributed by atoms with Crippen LogP contribution in [-0.4, -0.2) is 31.5 Å². The molecule has 1 heterocycles. The number of fused-ring (bicyclic) bond motifs is 1. The summed E-state index contributed by atoms with van der Waals surface area (Å²) in [6.07, 6.45) is 2.06. The predicted molar refractivity (Wildman–Crippen MR) is 120 cm³/mol. The third-order valence-electron chi connectivity index (χ3n) is 5.31. The lowest BCUT2D eigenvalue weighted by Crippen LogP contribution is -2.28. The smallest absolute Gasteiger partial charge is 0.251 e. The number of benzene rings is 3. The Morgan fingerprint density at radius 1 is 0.931 bits per heavy atom. The van der Waals surface area contributed by atoms with Gasteiger partial charge in [0, 0.05) is 54.9 Å². The molecule has 29 heavy (non-hydrogen) atoms. The van der Waals surface area contributed by atoms with Crippen molar-refractivity contribution in [3.8, 4) is 0 Å². The molecule has 0 aliphatic carbocycles. The van der Waals surface area contributed by atoms with Gasteiger partial charge in [-0.05, 0) is 41.5 Å². The van der Waals surface area contributed by atoms with Gasteiger partial charge in [0.15, 0.2) is 0 Å². The Labute approximate surface area is 171 Å². The molecule has 0 saturated carbocycles. The molecule has 0 fully saturated rings. The molecule has 0 bridgehead atoms. The Bertz CT molecular complexity index is 1100. The molecule has 1 aromatic heterocycles. The van der Waals surface area contributed by atoms with Gasteiger partial charge >= 0.3 is 0 Å². The van der Waals surface area contributed by atoms with Crippen LogP contribution in [0.4, 0.5) is 5.69 Å². The first-order valence-corrected chi connectivity index (χ1v) is 9.80.